The third-order valence-corrected chi connectivity index (χ3v) is 3.24. The Morgan fingerprint density at radius 2 is 2.50 bits per heavy atom. The van der Waals surface area contributed by atoms with E-state index in [2.05, 4.69) is 11.7 Å². The van der Waals surface area contributed by atoms with Gasteiger partial charge < -0.3 is 0 Å². The highest BCUT2D eigenvalue weighted by molar-refractivity contribution is 14.1. The van der Waals surface area contributed by atoms with E-state index in [1.165, 1.54) is 0 Å². The Bertz CT molecular complexity index is 212. The lowest BCUT2D eigenvalue weighted by Crippen LogP contribution is -1.86. The molecule has 2 nitrogen and oxygen atoms in total. The third-order valence-electron chi connectivity index (χ3n) is 1.22. The van der Waals surface area contributed by atoms with E-state index in [1.54, 1.807) is 34.4 Å². The summed E-state index contributed by atoms with van der Waals surface area (Å²) in [6, 6.07) is 0. The summed E-state index contributed by atoms with van der Waals surface area (Å²) in [5.74, 6) is 0.971. The maximum Gasteiger partial charge on any atom is 0.230 e. The minimum absolute atomic E-state index is 0.0856. The number of allylic oxidation sites excluding steroid dienone is 2. The van der Waals surface area contributed by atoms with Gasteiger partial charge in [-0.1, -0.05) is 0 Å². The van der Waals surface area contributed by atoms with Crippen LogP contribution in [0.2, 0.25) is 0 Å². The SMILES string of the molecule is C=NC1=C(C(=O)I)SCC1. The average Bonchev–Trinajstić information content (AvgIpc) is 2.33. The maximum atomic E-state index is 10.8. The van der Waals surface area contributed by atoms with Gasteiger partial charge in [-0.3, -0.25) is 9.79 Å². The van der Waals surface area contributed by atoms with Crippen LogP contribution in [-0.2, 0) is 4.79 Å². The fraction of sp³-hybridized carbons (Fsp3) is 0.333. The first-order valence-corrected chi connectivity index (χ1v) is 4.84. The minimum Gasteiger partial charge on any atom is -0.282 e. The molecule has 0 saturated carbocycles. The van der Waals surface area contributed by atoms with Crippen molar-refractivity contribution in [2.45, 2.75) is 6.42 Å². The van der Waals surface area contributed by atoms with Crippen molar-refractivity contribution < 1.29 is 4.79 Å². The molecule has 0 aromatic heterocycles. The fourth-order valence-electron chi connectivity index (χ4n) is 0.768. The summed E-state index contributed by atoms with van der Waals surface area (Å²) in [7, 11) is 0. The smallest absolute Gasteiger partial charge is 0.230 e. The molecule has 1 heterocycles. The van der Waals surface area contributed by atoms with Gasteiger partial charge in [0.15, 0.2) is 0 Å². The highest BCUT2D eigenvalue weighted by Gasteiger charge is 2.18. The standard InChI is InChI=1S/C6H6INOS/c1-8-4-2-3-10-5(4)6(7)9/h1-3H2. The zero-order valence-electron chi connectivity index (χ0n) is 5.26. The quantitative estimate of drug-likeness (QED) is 0.435. The molecule has 0 aromatic rings. The highest BCUT2D eigenvalue weighted by Crippen LogP contribution is 2.33. The summed E-state index contributed by atoms with van der Waals surface area (Å²) in [5.41, 5.74) is 0.865. The van der Waals surface area contributed by atoms with E-state index in [4.69, 9.17) is 0 Å². The van der Waals surface area contributed by atoms with Crippen molar-refractivity contribution in [3.05, 3.63) is 10.6 Å². The van der Waals surface area contributed by atoms with E-state index < -0.39 is 0 Å². The van der Waals surface area contributed by atoms with Crippen LogP contribution in [0.15, 0.2) is 15.6 Å². The van der Waals surface area contributed by atoms with E-state index in [1.807, 2.05) is 0 Å². The fourth-order valence-corrected chi connectivity index (χ4v) is 2.49. The molecule has 0 atom stereocenters. The topological polar surface area (TPSA) is 29.4 Å². The molecule has 4 heteroatoms. The molecule has 0 N–H and O–H groups in total. The Morgan fingerprint density at radius 3 is 2.90 bits per heavy atom. The number of hydrogen-bond acceptors (Lipinski definition) is 3. The number of carbonyl (C=O) groups excluding carboxylic acids is 1. The number of nitrogens with zero attached hydrogens (tertiary/aromatic N) is 1. The molecule has 1 rings (SSSR count). The van der Waals surface area contributed by atoms with Gasteiger partial charge >= 0.3 is 0 Å². The van der Waals surface area contributed by atoms with E-state index in [0.29, 0.717) is 0 Å². The van der Waals surface area contributed by atoms with Gasteiger partial charge in [-0.15, -0.1) is 11.8 Å². The Morgan fingerprint density at radius 1 is 1.80 bits per heavy atom. The molecule has 10 heavy (non-hydrogen) atoms. The van der Waals surface area contributed by atoms with Gasteiger partial charge in [-0.25, -0.2) is 0 Å². The number of rotatable bonds is 2. The van der Waals surface area contributed by atoms with Gasteiger partial charge in [0.05, 0.1) is 10.6 Å². The van der Waals surface area contributed by atoms with Crippen LogP contribution in [0, 0.1) is 0 Å². The Hall–Kier alpha value is 0.160. The molecule has 54 valence electrons. The summed E-state index contributed by atoms with van der Waals surface area (Å²) in [6.45, 7) is 3.40. The van der Waals surface area contributed by atoms with Gasteiger partial charge in [0, 0.05) is 34.8 Å². The molecule has 0 bridgehead atoms. The van der Waals surface area contributed by atoms with E-state index in [0.717, 1.165) is 22.8 Å². The first-order valence-electron chi connectivity index (χ1n) is 2.78. The van der Waals surface area contributed by atoms with Crippen molar-refractivity contribution in [2.75, 3.05) is 5.75 Å². The molecule has 0 fully saturated rings. The zero-order valence-corrected chi connectivity index (χ0v) is 8.24. The van der Waals surface area contributed by atoms with Crippen LogP contribution in [0.3, 0.4) is 0 Å². The van der Waals surface area contributed by atoms with Gasteiger partial charge in [-0.05, 0) is 6.72 Å². The largest absolute Gasteiger partial charge is 0.282 e. The van der Waals surface area contributed by atoms with Crippen LogP contribution in [-0.4, -0.2) is 16.3 Å². The Labute approximate surface area is 77.3 Å². The molecular formula is C6H6INOS. The number of halogens is 1. The molecular weight excluding hydrogens is 261 g/mol. The lowest BCUT2D eigenvalue weighted by atomic mass is 10.3. The Kier molecular flexibility index (Phi) is 2.91. The number of hydrogen-bond donors (Lipinski definition) is 0. The van der Waals surface area contributed by atoms with Crippen molar-refractivity contribution in [3.8, 4) is 0 Å². The van der Waals surface area contributed by atoms with Gasteiger partial charge in [0.25, 0.3) is 0 Å². The summed E-state index contributed by atoms with van der Waals surface area (Å²) < 4.78 is 0.0856. The van der Waals surface area contributed by atoms with E-state index in [-0.39, 0.29) is 3.79 Å². The minimum atomic E-state index is 0.0856. The van der Waals surface area contributed by atoms with Crippen LogP contribution in [0.5, 0.6) is 0 Å². The zero-order chi connectivity index (χ0) is 7.56. The monoisotopic (exact) mass is 267 g/mol. The van der Waals surface area contributed by atoms with E-state index >= 15 is 0 Å². The van der Waals surface area contributed by atoms with Crippen molar-refractivity contribution in [3.63, 3.8) is 0 Å². The third kappa shape index (κ3) is 1.60. The predicted octanol–water partition coefficient (Wildman–Crippen LogP) is 2.00. The first-order chi connectivity index (χ1) is 4.75. The normalized spacial score (nSPS) is 17.7. The van der Waals surface area contributed by atoms with Gasteiger partial charge in [-0.2, -0.15) is 0 Å². The van der Waals surface area contributed by atoms with Gasteiger partial charge in [0.2, 0.25) is 3.79 Å². The van der Waals surface area contributed by atoms with Crippen molar-refractivity contribution >= 4 is 44.9 Å². The molecule has 0 radical (unpaired) electrons. The van der Waals surface area contributed by atoms with Crippen LogP contribution in [0.4, 0.5) is 0 Å². The molecule has 0 aromatic carbocycles. The predicted molar refractivity (Wildman–Crippen MR) is 52.7 cm³/mol. The molecule has 1 aliphatic rings. The summed E-state index contributed by atoms with van der Waals surface area (Å²) in [5, 5.41) is 0. The second kappa shape index (κ2) is 3.52. The summed E-state index contributed by atoms with van der Waals surface area (Å²) in [6.07, 6.45) is 0.887. The van der Waals surface area contributed by atoms with Gasteiger partial charge in [0.1, 0.15) is 0 Å². The average molecular weight is 267 g/mol. The number of thioether (sulfide) groups is 1. The van der Waals surface area contributed by atoms with Crippen LogP contribution in [0.1, 0.15) is 6.42 Å². The lowest BCUT2D eigenvalue weighted by Gasteiger charge is -1.92. The first kappa shape index (κ1) is 8.26. The molecule has 0 aliphatic carbocycles. The molecule has 0 unspecified atom stereocenters. The van der Waals surface area contributed by atoms with Crippen molar-refractivity contribution in [2.24, 2.45) is 4.99 Å². The lowest BCUT2D eigenvalue weighted by molar-refractivity contribution is -0.105. The van der Waals surface area contributed by atoms with Crippen LogP contribution < -0.4 is 0 Å². The second-order valence-electron chi connectivity index (χ2n) is 1.81. The van der Waals surface area contributed by atoms with Crippen molar-refractivity contribution in [1.29, 1.82) is 0 Å². The van der Waals surface area contributed by atoms with Crippen molar-refractivity contribution in [1.82, 2.24) is 0 Å². The second-order valence-corrected chi connectivity index (χ2v) is 3.89. The molecule has 0 spiro atoms. The number of aliphatic imine (C=N–C) groups is 1. The van der Waals surface area contributed by atoms with Crippen LogP contribution >= 0.6 is 34.4 Å². The van der Waals surface area contributed by atoms with Crippen LogP contribution in [0.25, 0.3) is 0 Å². The van der Waals surface area contributed by atoms with E-state index in [9.17, 15) is 4.79 Å². The number of carbonyl (C=O) groups is 1. The summed E-state index contributed by atoms with van der Waals surface area (Å²) in [4.78, 5) is 15.4. The molecule has 0 saturated heterocycles. The molecule has 1 aliphatic heterocycles. The highest BCUT2D eigenvalue weighted by atomic mass is 127. The molecule has 0 amide bonds. The Balaban J connectivity index is 2.88. The summed E-state index contributed by atoms with van der Waals surface area (Å²) >= 11 is 3.35. The maximum absolute atomic E-state index is 10.8.